The second kappa shape index (κ2) is 9.08. The van der Waals surface area contributed by atoms with Crippen molar-refractivity contribution in [2.75, 3.05) is 25.0 Å². The number of hydrogen-bond acceptors (Lipinski definition) is 4. The van der Waals surface area contributed by atoms with Gasteiger partial charge in [-0.3, -0.25) is 9.59 Å². The quantitative estimate of drug-likeness (QED) is 0.829. The van der Waals surface area contributed by atoms with Crippen LogP contribution in [0.1, 0.15) is 24.2 Å². The van der Waals surface area contributed by atoms with E-state index in [2.05, 4.69) is 5.32 Å². The molecule has 0 aliphatic carbocycles. The van der Waals surface area contributed by atoms with Crippen molar-refractivity contribution < 1.29 is 19.1 Å². The number of hydrogen-bond donors (Lipinski definition) is 1. The summed E-state index contributed by atoms with van der Waals surface area (Å²) in [4.78, 5) is 27.0. The van der Waals surface area contributed by atoms with Crippen LogP contribution in [0.3, 0.4) is 0 Å². The van der Waals surface area contributed by atoms with Crippen molar-refractivity contribution in [1.82, 2.24) is 4.90 Å². The predicted octanol–water partition coefficient (Wildman–Crippen LogP) is 3.61. The molecule has 28 heavy (non-hydrogen) atoms. The maximum atomic E-state index is 13.0. The van der Waals surface area contributed by atoms with Gasteiger partial charge in [-0.05, 0) is 50.2 Å². The van der Waals surface area contributed by atoms with E-state index in [4.69, 9.17) is 21.1 Å². The average molecular weight is 403 g/mol. The normalized spacial score (nSPS) is 19.2. The van der Waals surface area contributed by atoms with Gasteiger partial charge in [0.25, 0.3) is 11.8 Å². The lowest BCUT2D eigenvalue weighted by molar-refractivity contribution is -0.118. The van der Waals surface area contributed by atoms with Gasteiger partial charge in [-0.15, -0.1) is 0 Å². The van der Waals surface area contributed by atoms with Crippen LogP contribution in [-0.2, 0) is 9.53 Å². The minimum absolute atomic E-state index is 0.0257. The fourth-order valence-electron chi connectivity index (χ4n) is 3.16. The van der Waals surface area contributed by atoms with Gasteiger partial charge in [-0.2, -0.15) is 0 Å². The van der Waals surface area contributed by atoms with Gasteiger partial charge in [0.05, 0.1) is 23.5 Å². The Morgan fingerprint density at radius 1 is 1.11 bits per heavy atom. The zero-order valence-electron chi connectivity index (χ0n) is 15.9. The Kier molecular flexibility index (Phi) is 6.54. The third kappa shape index (κ3) is 5.24. The number of morpholine rings is 1. The van der Waals surface area contributed by atoms with E-state index < -0.39 is 0 Å². The highest BCUT2D eigenvalue weighted by atomic mass is 35.5. The van der Waals surface area contributed by atoms with Gasteiger partial charge < -0.3 is 19.7 Å². The fraction of sp³-hybridized carbons (Fsp3) is 0.333. The molecular weight excluding hydrogens is 380 g/mol. The molecule has 0 unspecified atom stereocenters. The van der Waals surface area contributed by atoms with Gasteiger partial charge in [0.2, 0.25) is 0 Å². The van der Waals surface area contributed by atoms with Crippen LogP contribution in [0.25, 0.3) is 0 Å². The van der Waals surface area contributed by atoms with Gasteiger partial charge in [0.1, 0.15) is 5.75 Å². The topological polar surface area (TPSA) is 67.9 Å². The molecule has 0 bridgehead atoms. The molecule has 1 N–H and O–H groups in total. The number of nitrogens with zero attached hydrogens (tertiary/aromatic N) is 1. The van der Waals surface area contributed by atoms with Crippen LogP contribution in [0.4, 0.5) is 5.69 Å². The van der Waals surface area contributed by atoms with Crippen LogP contribution in [0.2, 0.25) is 5.02 Å². The number of rotatable bonds is 5. The number of para-hydroxylation sites is 1. The number of nitrogens with one attached hydrogen (secondary N) is 1. The molecule has 1 aliphatic heterocycles. The van der Waals surface area contributed by atoms with Crippen molar-refractivity contribution in [2.45, 2.75) is 26.1 Å². The number of amides is 2. The highest BCUT2D eigenvalue weighted by Gasteiger charge is 2.28. The van der Waals surface area contributed by atoms with Crippen molar-refractivity contribution in [3.05, 3.63) is 59.1 Å². The van der Waals surface area contributed by atoms with E-state index in [1.807, 2.05) is 13.8 Å². The molecule has 1 fully saturated rings. The lowest BCUT2D eigenvalue weighted by Crippen LogP contribution is -2.48. The monoisotopic (exact) mass is 402 g/mol. The summed E-state index contributed by atoms with van der Waals surface area (Å²) in [5, 5.41) is 3.36. The van der Waals surface area contributed by atoms with Crippen molar-refractivity contribution in [3.63, 3.8) is 0 Å². The van der Waals surface area contributed by atoms with E-state index in [1.165, 1.54) is 0 Å². The molecule has 7 heteroatoms. The third-order valence-electron chi connectivity index (χ3n) is 4.32. The van der Waals surface area contributed by atoms with Crippen molar-refractivity contribution in [1.29, 1.82) is 0 Å². The minimum atomic E-state index is -0.348. The molecule has 3 rings (SSSR count). The van der Waals surface area contributed by atoms with Gasteiger partial charge >= 0.3 is 0 Å². The van der Waals surface area contributed by atoms with Crippen LogP contribution >= 0.6 is 11.6 Å². The second-order valence-corrected chi connectivity index (χ2v) is 7.24. The zero-order valence-corrected chi connectivity index (χ0v) is 16.6. The van der Waals surface area contributed by atoms with E-state index in [1.54, 1.807) is 53.4 Å². The Morgan fingerprint density at radius 3 is 2.43 bits per heavy atom. The summed E-state index contributed by atoms with van der Waals surface area (Å²) in [6.07, 6.45) is -0.0514. The van der Waals surface area contributed by atoms with Gasteiger partial charge in [-0.25, -0.2) is 0 Å². The number of halogens is 1. The molecule has 0 aromatic heterocycles. The maximum Gasteiger partial charge on any atom is 0.262 e. The summed E-state index contributed by atoms with van der Waals surface area (Å²) in [7, 11) is 0. The lowest BCUT2D eigenvalue weighted by Gasteiger charge is -2.35. The van der Waals surface area contributed by atoms with Crippen molar-refractivity contribution >= 4 is 29.1 Å². The number of ether oxygens (including phenoxy) is 2. The number of benzene rings is 2. The van der Waals surface area contributed by atoms with E-state index in [9.17, 15) is 9.59 Å². The molecule has 2 aromatic rings. The predicted molar refractivity (Wildman–Crippen MR) is 108 cm³/mol. The summed E-state index contributed by atoms with van der Waals surface area (Å²) in [6.45, 7) is 4.75. The highest BCUT2D eigenvalue weighted by molar-refractivity contribution is 6.30. The summed E-state index contributed by atoms with van der Waals surface area (Å²) < 4.78 is 11.1. The first-order valence-electron chi connectivity index (χ1n) is 9.14. The molecule has 1 heterocycles. The molecule has 1 saturated heterocycles. The average Bonchev–Trinajstić information content (AvgIpc) is 2.67. The van der Waals surface area contributed by atoms with E-state index in [-0.39, 0.29) is 30.6 Å². The molecule has 2 atom stereocenters. The van der Waals surface area contributed by atoms with E-state index >= 15 is 0 Å². The SMILES string of the molecule is C[C@H]1CN(C(=O)c2ccccc2NC(=O)COc2ccc(Cl)cc2)C[C@H](C)O1. The highest BCUT2D eigenvalue weighted by Crippen LogP contribution is 2.21. The first kappa shape index (κ1) is 20.2. The standard InChI is InChI=1S/C21H23ClN2O4/c1-14-11-24(12-15(2)28-14)21(26)18-5-3-4-6-19(18)23-20(25)13-27-17-9-7-16(22)8-10-17/h3-10,14-15H,11-13H2,1-2H3,(H,23,25)/t14-,15-/m0/s1. The molecule has 2 amide bonds. The Balaban J connectivity index is 1.65. The van der Waals surface area contributed by atoms with Gasteiger partial charge in [-0.1, -0.05) is 23.7 Å². The van der Waals surface area contributed by atoms with Crippen molar-refractivity contribution in [2.24, 2.45) is 0 Å². The first-order chi connectivity index (χ1) is 13.4. The van der Waals surface area contributed by atoms with Crippen LogP contribution in [0.15, 0.2) is 48.5 Å². The smallest absolute Gasteiger partial charge is 0.262 e. The van der Waals surface area contributed by atoms with Crippen LogP contribution in [0.5, 0.6) is 5.75 Å². The molecule has 148 valence electrons. The van der Waals surface area contributed by atoms with Gasteiger partial charge in [0, 0.05) is 18.1 Å². The van der Waals surface area contributed by atoms with Crippen LogP contribution in [0, 0.1) is 0 Å². The molecule has 1 aliphatic rings. The number of carbonyl (C=O) groups excluding carboxylic acids is 2. The largest absolute Gasteiger partial charge is 0.484 e. The maximum absolute atomic E-state index is 13.0. The summed E-state index contributed by atoms with van der Waals surface area (Å²) in [5.41, 5.74) is 0.910. The Bertz CT molecular complexity index is 831. The Morgan fingerprint density at radius 2 is 1.75 bits per heavy atom. The Labute approximate surface area is 169 Å². The lowest BCUT2D eigenvalue weighted by atomic mass is 10.1. The van der Waals surface area contributed by atoms with E-state index in [0.717, 1.165) is 0 Å². The third-order valence-corrected chi connectivity index (χ3v) is 4.57. The molecule has 0 saturated carbocycles. The molecular formula is C21H23ClN2O4. The molecule has 2 aromatic carbocycles. The Hall–Kier alpha value is -2.57. The second-order valence-electron chi connectivity index (χ2n) is 6.80. The van der Waals surface area contributed by atoms with Crippen LogP contribution in [-0.4, -0.2) is 48.6 Å². The first-order valence-corrected chi connectivity index (χ1v) is 9.52. The molecule has 0 spiro atoms. The van der Waals surface area contributed by atoms with E-state index in [0.29, 0.717) is 35.1 Å². The number of anilines is 1. The minimum Gasteiger partial charge on any atom is -0.484 e. The fourth-order valence-corrected chi connectivity index (χ4v) is 3.28. The molecule has 0 radical (unpaired) electrons. The summed E-state index contributed by atoms with van der Waals surface area (Å²) >= 11 is 5.83. The summed E-state index contributed by atoms with van der Waals surface area (Å²) in [5.74, 6) is 0.0654. The number of carbonyl (C=O) groups is 2. The van der Waals surface area contributed by atoms with Crippen LogP contribution < -0.4 is 10.1 Å². The zero-order chi connectivity index (χ0) is 20.1. The van der Waals surface area contributed by atoms with Gasteiger partial charge in [0.15, 0.2) is 6.61 Å². The summed E-state index contributed by atoms with van der Waals surface area (Å²) in [6, 6.07) is 13.7. The van der Waals surface area contributed by atoms with Crippen molar-refractivity contribution in [3.8, 4) is 5.75 Å². The molecule has 6 nitrogen and oxygen atoms in total.